The number of amides is 1. The van der Waals surface area contributed by atoms with Gasteiger partial charge in [0, 0.05) is 0 Å². The first-order chi connectivity index (χ1) is 8.88. The summed E-state index contributed by atoms with van der Waals surface area (Å²) in [5.74, 6) is -1.04. The van der Waals surface area contributed by atoms with Gasteiger partial charge < -0.3 is 5.73 Å². The van der Waals surface area contributed by atoms with Crippen molar-refractivity contribution in [1.29, 1.82) is 0 Å². The third-order valence-electron chi connectivity index (χ3n) is 2.81. The molecule has 0 spiro atoms. The Morgan fingerprint density at radius 3 is 2.53 bits per heavy atom. The molecule has 0 radical (unpaired) electrons. The Morgan fingerprint density at radius 2 is 2.00 bits per heavy atom. The second-order valence-corrected chi connectivity index (χ2v) is 4.24. The number of unbranched alkanes of at least 4 members (excludes halogenated alkanes) is 2. The number of halogens is 3. The van der Waals surface area contributed by atoms with Gasteiger partial charge >= 0.3 is 6.18 Å². The molecule has 2 nitrogen and oxygen atoms in total. The van der Waals surface area contributed by atoms with Crippen LogP contribution < -0.4 is 5.73 Å². The fourth-order valence-electron chi connectivity index (χ4n) is 1.94. The summed E-state index contributed by atoms with van der Waals surface area (Å²) in [6.45, 7) is 3.57. The van der Waals surface area contributed by atoms with E-state index in [1.54, 1.807) is 6.08 Å². The average Bonchev–Trinajstić information content (AvgIpc) is 2.33. The fourth-order valence-corrected chi connectivity index (χ4v) is 1.94. The van der Waals surface area contributed by atoms with Crippen LogP contribution in [0.5, 0.6) is 0 Å². The van der Waals surface area contributed by atoms with Crippen LogP contribution >= 0.6 is 0 Å². The number of alkyl halides is 3. The van der Waals surface area contributed by atoms with Gasteiger partial charge in [0.15, 0.2) is 0 Å². The quantitative estimate of drug-likeness (QED) is 0.622. The molecule has 0 aliphatic carbocycles. The van der Waals surface area contributed by atoms with E-state index >= 15 is 0 Å². The smallest absolute Gasteiger partial charge is 0.366 e. The minimum absolute atomic E-state index is 0.353. The lowest BCUT2D eigenvalue weighted by Crippen LogP contribution is -2.21. The van der Waals surface area contributed by atoms with Gasteiger partial charge in [0.2, 0.25) is 5.91 Å². The Morgan fingerprint density at radius 1 is 1.32 bits per heavy atom. The van der Waals surface area contributed by atoms with Crippen molar-refractivity contribution in [2.24, 2.45) is 5.73 Å². The van der Waals surface area contributed by atoms with Crippen LogP contribution in [0, 0.1) is 0 Å². The van der Waals surface area contributed by atoms with E-state index < -0.39 is 23.2 Å². The van der Waals surface area contributed by atoms with Crippen molar-refractivity contribution in [2.75, 3.05) is 0 Å². The first kappa shape index (κ1) is 15.3. The summed E-state index contributed by atoms with van der Waals surface area (Å²) in [6, 6.07) is 3.70. The maximum Gasteiger partial charge on any atom is 0.417 e. The maximum absolute atomic E-state index is 12.8. The number of carbonyl (C=O) groups is 1. The second-order valence-electron chi connectivity index (χ2n) is 4.24. The molecule has 1 amide bonds. The van der Waals surface area contributed by atoms with Crippen molar-refractivity contribution in [2.45, 2.75) is 31.9 Å². The molecule has 5 heteroatoms. The number of hydrogen-bond acceptors (Lipinski definition) is 1. The number of rotatable bonds is 6. The van der Waals surface area contributed by atoms with Crippen molar-refractivity contribution < 1.29 is 18.0 Å². The molecule has 0 aromatic heterocycles. The van der Waals surface area contributed by atoms with Crippen LogP contribution in [0.25, 0.3) is 0 Å². The molecule has 0 atom stereocenters. The van der Waals surface area contributed by atoms with Gasteiger partial charge in [-0.3, -0.25) is 4.79 Å². The first-order valence-electron chi connectivity index (χ1n) is 5.97. The van der Waals surface area contributed by atoms with Gasteiger partial charge in [-0.1, -0.05) is 18.2 Å². The van der Waals surface area contributed by atoms with Crippen molar-refractivity contribution >= 4 is 5.91 Å². The highest BCUT2D eigenvalue weighted by Crippen LogP contribution is 2.33. The molecule has 1 aromatic carbocycles. The summed E-state index contributed by atoms with van der Waals surface area (Å²) in [6.07, 6.45) is -0.116. The predicted molar refractivity (Wildman–Crippen MR) is 67.7 cm³/mol. The maximum atomic E-state index is 12.8. The molecular formula is C14H16F3NO. The number of benzene rings is 1. The zero-order valence-corrected chi connectivity index (χ0v) is 10.5. The fraction of sp³-hybridized carbons (Fsp3) is 0.357. The largest absolute Gasteiger partial charge is 0.417 e. The Bertz CT molecular complexity index is 466. The van der Waals surface area contributed by atoms with Crippen molar-refractivity contribution in [3.05, 3.63) is 47.5 Å². The molecule has 1 rings (SSSR count). The molecule has 0 aliphatic heterocycles. The lowest BCUT2D eigenvalue weighted by Gasteiger charge is -2.14. The van der Waals surface area contributed by atoms with Gasteiger partial charge in [-0.2, -0.15) is 13.2 Å². The standard InChI is InChI=1S/C14H16F3NO/c1-2-3-4-5-7-10-8-6-9-11(14(15,16)17)12(10)13(18)19/h2,6,8-9H,1,3-5,7H2,(H2,18,19). The second kappa shape index (κ2) is 6.41. The van der Waals surface area contributed by atoms with Gasteiger partial charge in [0.25, 0.3) is 0 Å². The Kier molecular flexibility index (Phi) is 5.15. The SMILES string of the molecule is C=CCCCCc1cccc(C(F)(F)F)c1C(N)=O. The summed E-state index contributed by atoms with van der Waals surface area (Å²) in [4.78, 5) is 11.3. The highest BCUT2D eigenvalue weighted by Gasteiger charge is 2.35. The summed E-state index contributed by atoms with van der Waals surface area (Å²) < 4.78 is 38.4. The van der Waals surface area contributed by atoms with Gasteiger partial charge in [-0.25, -0.2) is 0 Å². The highest BCUT2D eigenvalue weighted by molar-refractivity contribution is 5.96. The van der Waals surface area contributed by atoms with Gasteiger partial charge in [0.1, 0.15) is 0 Å². The number of nitrogens with two attached hydrogens (primary N) is 1. The first-order valence-corrected chi connectivity index (χ1v) is 5.97. The average molecular weight is 271 g/mol. The molecule has 19 heavy (non-hydrogen) atoms. The van der Waals surface area contributed by atoms with E-state index in [0.29, 0.717) is 18.4 Å². The van der Waals surface area contributed by atoms with Crippen LogP contribution in [0.4, 0.5) is 13.2 Å². The minimum Gasteiger partial charge on any atom is -0.366 e. The molecule has 2 N–H and O–H groups in total. The Labute approximate surface area is 110 Å². The van der Waals surface area contributed by atoms with Crippen LogP contribution in [0.2, 0.25) is 0 Å². The van der Waals surface area contributed by atoms with Gasteiger partial charge in [-0.15, -0.1) is 6.58 Å². The van der Waals surface area contributed by atoms with Crippen LogP contribution in [0.3, 0.4) is 0 Å². The van der Waals surface area contributed by atoms with Crippen molar-refractivity contribution in [3.63, 3.8) is 0 Å². The zero-order chi connectivity index (χ0) is 14.5. The van der Waals surface area contributed by atoms with Crippen LogP contribution in [0.15, 0.2) is 30.9 Å². The molecule has 104 valence electrons. The minimum atomic E-state index is -4.57. The van der Waals surface area contributed by atoms with E-state index in [2.05, 4.69) is 6.58 Å². The number of aryl methyl sites for hydroxylation is 1. The topological polar surface area (TPSA) is 43.1 Å². The van der Waals surface area contributed by atoms with Crippen LogP contribution in [-0.2, 0) is 12.6 Å². The molecule has 0 aliphatic rings. The summed E-state index contributed by atoms with van der Waals surface area (Å²) in [5, 5.41) is 0. The molecular weight excluding hydrogens is 255 g/mol. The normalized spacial score (nSPS) is 11.3. The number of primary amides is 1. The predicted octanol–water partition coefficient (Wildman–Crippen LogP) is 3.70. The van der Waals surface area contributed by atoms with E-state index in [9.17, 15) is 18.0 Å². The molecule has 1 aromatic rings. The zero-order valence-electron chi connectivity index (χ0n) is 10.5. The molecule has 0 saturated carbocycles. The van der Waals surface area contributed by atoms with Crippen molar-refractivity contribution in [3.8, 4) is 0 Å². The highest BCUT2D eigenvalue weighted by atomic mass is 19.4. The van der Waals surface area contributed by atoms with Crippen molar-refractivity contribution in [1.82, 2.24) is 0 Å². The molecule has 0 saturated heterocycles. The number of allylic oxidation sites excluding steroid dienone is 1. The van der Waals surface area contributed by atoms with E-state index in [-0.39, 0.29) is 0 Å². The third kappa shape index (κ3) is 4.12. The van der Waals surface area contributed by atoms with Gasteiger partial charge in [0.05, 0.1) is 11.1 Å². The third-order valence-corrected chi connectivity index (χ3v) is 2.81. The number of hydrogen-bond donors (Lipinski definition) is 1. The Balaban J connectivity index is 3.04. The van der Waals surface area contributed by atoms with E-state index in [4.69, 9.17) is 5.73 Å². The molecule has 0 unspecified atom stereocenters. The number of carbonyl (C=O) groups excluding carboxylic acids is 1. The molecule has 0 heterocycles. The van der Waals surface area contributed by atoms with E-state index in [1.807, 2.05) is 0 Å². The monoisotopic (exact) mass is 271 g/mol. The summed E-state index contributed by atoms with van der Waals surface area (Å²) in [5.41, 5.74) is 4.07. The van der Waals surface area contributed by atoms with Gasteiger partial charge in [-0.05, 0) is 37.3 Å². The lowest BCUT2D eigenvalue weighted by molar-refractivity contribution is -0.138. The van der Waals surface area contributed by atoms with Crippen LogP contribution in [-0.4, -0.2) is 5.91 Å². The van der Waals surface area contributed by atoms with Crippen LogP contribution in [0.1, 0.15) is 40.7 Å². The van der Waals surface area contributed by atoms with E-state index in [1.165, 1.54) is 12.1 Å². The molecule has 0 bridgehead atoms. The summed E-state index contributed by atoms with van der Waals surface area (Å²) in [7, 11) is 0. The molecule has 0 fully saturated rings. The summed E-state index contributed by atoms with van der Waals surface area (Å²) >= 11 is 0. The lowest BCUT2D eigenvalue weighted by atomic mass is 9.96. The Hall–Kier alpha value is -1.78. The van der Waals surface area contributed by atoms with E-state index in [0.717, 1.165) is 18.9 Å².